The molecule has 62 heavy (non-hydrogen) atoms. The fourth-order valence-electron chi connectivity index (χ4n) is 7.37. The standard InChI is InChI=1S/C48H48N2O12/c1-27-7-15-33(16-8-27)44(52)57-25-39-37(61-46(54)35-19-11-29(3)12-20-35)23-41(59-39)49-32(6)31(5)43(51)50(48(49)56)42-24-38(62-47(55)36-21-13-30(4)14-22-36)40(60-42)26-58-45(53)34-17-9-28(2)10-18-34/h7-22,37-42H,23-26H2,1-6H3/t37-,38-,39+,40+,41+,42+/m0/s1. The van der Waals surface area contributed by atoms with E-state index in [2.05, 4.69) is 0 Å². The monoisotopic (exact) mass is 844 g/mol. The van der Waals surface area contributed by atoms with Crippen LogP contribution in [0.15, 0.2) is 107 Å². The Hall–Kier alpha value is -6.64. The summed E-state index contributed by atoms with van der Waals surface area (Å²) in [5, 5.41) is 0. The Morgan fingerprint density at radius 1 is 0.500 bits per heavy atom. The van der Waals surface area contributed by atoms with Crippen LogP contribution in [0.25, 0.3) is 0 Å². The Morgan fingerprint density at radius 2 is 0.823 bits per heavy atom. The summed E-state index contributed by atoms with van der Waals surface area (Å²) in [4.78, 5) is 81.6. The second kappa shape index (κ2) is 18.5. The van der Waals surface area contributed by atoms with Gasteiger partial charge in [0.15, 0.2) is 0 Å². The summed E-state index contributed by atoms with van der Waals surface area (Å²) in [6.07, 6.45) is -6.61. The molecule has 0 radical (unpaired) electrons. The minimum atomic E-state index is -1.26. The molecule has 0 saturated carbocycles. The quantitative estimate of drug-likeness (QED) is 0.0977. The van der Waals surface area contributed by atoms with Crippen molar-refractivity contribution in [3.63, 3.8) is 0 Å². The summed E-state index contributed by atoms with van der Waals surface area (Å²) in [6, 6.07) is 27.2. The summed E-state index contributed by atoms with van der Waals surface area (Å²) in [6.45, 7) is 10.0. The number of carbonyl (C=O) groups is 4. The van der Waals surface area contributed by atoms with E-state index in [0.29, 0.717) is 16.7 Å². The maximum absolute atomic E-state index is 14.7. The molecule has 2 fully saturated rings. The third-order valence-corrected chi connectivity index (χ3v) is 11.2. The van der Waals surface area contributed by atoms with Gasteiger partial charge < -0.3 is 28.4 Å². The van der Waals surface area contributed by atoms with Gasteiger partial charge in [0, 0.05) is 24.1 Å². The first-order valence-electron chi connectivity index (χ1n) is 20.3. The van der Waals surface area contributed by atoms with E-state index in [0.717, 1.165) is 26.8 Å². The molecule has 5 aromatic rings. The van der Waals surface area contributed by atoms with Crippen LogP contribution in [-0.2, 0) is 28.4 Å². The van der Waals surface area contributed by atoms with Crippen LogP contribution in [0.3, 0.4) is 0 Å². The molecule has 0 unspecified atom stereocenters. The summed E-state index contributed by atoms with van der Waals surface area (Å²) >= 11 is 0. The van der Waals surface area contributed by atoms with E-state index >= 15 is 0 Å². The van der Waals surface area contributed by atoms with E-state index in [1.54, 1.807) is 111 Å². The molecule has 0 bridgehead atoms. The molecule has 7 rings (SSSR count). The molecule has 2 aliphatic heterocycles. The third kappa shape index (κ3) is 9.61. The molecule has 0 aliphatic carbocycles. The zero-order chi connectivity index (χ0) is 44.2. The Labute approximate surface area is 357 Å². The summed E-state index contributed by atoms with van der Waals surface area (Å²) in [5.74, 6) is -2.56. The molecule has 6 atom stereocenters. The summed E-state index contributed by atoms with van der Waals surface area (Å²) in [5.41, 5.74) is 4.00. The van der Waals surface area contributed by atoms with Gasteiger partial charge in [-0.1, -0.05) is 70.8 Å². The lowest BCUT2D eigenvalue weighted by atomic mass is 10.1. The van der Waals surface area contributed by atoms with Crippen LogP contribution in [0, 0.1) is 41.5 Å². The maximum atomic E-state index is 14.7. The second-order valence-corrected chi connectivity index (χ2v) is 15.8. The smallest absolute Gasteiger partial charge is 0.338 e. The largest absolute Gasteiger partial charge is 0.459 e. The number of benzene rings is 4. The van der Waals surface area contributed by atoms with Gasteiger partial charge in [-0.3, -0.25) is 9.36 Å². The highest BCUT2D eigenvalue weighted by Gasteiger charge is 2.44. The fraction of sp³-hybridized carbons (Fsp3) is 0.333. The molecule has 2 aliphatic rings. The third-order valence-electron chi connectivity index (χ3n) is 11.2. The van der Waals surface area contributed by atoms with Crippen molar-refractivity contribution < 1.29 is 47.6 Å². The molecular weight excluding hydrogens is 797 g/mol. The first kappa shape index (κ1) is 43.4. The highest BCUT2D eigenvalue weighted by molar-refractivity contribution is 5.91. The van der Waals surface area contributed by atoms with Crippen LogP contribution >= 0.6 is 0 Å². The van der Waals surface area contributed by atoms with Crippen LogP contribution < -0.4 is 11.2 Å². The Morgan fingerprint density at radius 3 is 1.18 bits per heavy atom. The zero-order valence-corrected chi connectivity index (χ0v) is 35.3. The number of hydrogen-bond acceptors (Lipinski definition) is 12. The van der Waals surface area contributed by atoms with Crippen molar-refractivity contribution >= 4 is 23.9 Å². The van der Waals surface area contributed by atoms with E-state index in [4.69, 9.17) is 28.4 Å². The molecule has 0 spiro atoms. The van der Waals surface area contributed by atoms with Crippen LogP contribution in [0.5, 0.6) is 0 Å². The Balaban J connectivity index is 1.17. The predicted molar refractivity (Wildman–Crippen MR) is 225 cm³/mol. The highest BCUT2D eigenvalue weighted by Crippen LogP contribution is 2.34. The van der Waals surface area contributed by atoms with Crippen molar-refractivity contribution in [1.29, 1.82) is 0 Å². The molecule has 3 heterocycles. The topological polar surface area (TPSA) is 168 Å². The number of hydrogen-bond donors (Lipinski definition) is 0. The van der Waals surface area contributed by atoms with Crippen molar-refractivity contribution in [2.45, 2.75) is 91.3 Å². The molecule has 1 aromatic heterocycles. The Bertz CT molecular complexity index is 2580. The van der Waals surface area contributed by atoms with E-state index in [1.165, 1.54) is 4.57 Å². The fourth-order valence-corrected chi connectivity index (χ4v) is 7.37. The van der Waals surface area contributed by atoms with E-state index in [1.807, 2.05) is 27.7 Å². The average Bonchev–Trinajstić information content (AvgIpc) is 3.84. The van der Waals surface area contributed by atoms with Crippen molar-refractivity contribution in [2.24, 2.45) is 0 Å². The summed E-state index contributed by atoms with van der Waals surface area (Å²) < 4.78 is 38.0. The molecule has 322 valence electrons. The molecule has 0 N–H and O–H groups in total. The number of aromatic nitrogens is 2. The van der Waals surface area contributed by atoms with Crippen molar-refractivity contribution in [3.05, 3.63) is 174 Å². The molecule has 4 aromatic carbocycles. The number of aryl methyl sites for hydroxylation is 4. The van der Waals surface area contributed by atoms with Gasteiger partial charge in [0.05, 0.1) is 22.3 Å². The van der Waals surface area contributed by atoms with E-state index in [9.17, 15) is 28.8 Å². The van der Waals surface area contributed by atoms with Crippen molar-refractivity contribution in [1.82, 2.24) is 9.13 Å². The van der Waals surface area contributed by atoms with Crippen LogP contribution in [0.4, 0.5) is 0 Å². The number of esters is 4. The van der Waals surface area contributed by atoms with Crippen LogP contribution in [0.1, 0.15) is 100 Å². The minimum absolute atomic E-state index is 0.0390. The van der Waals surface area contributed by atoms with Crippen molar-refractivity contribution in [3.8, 4) is 0 Å². The number of carbonyl (C=O) groups excluding carboxylic acids is 4. The second-order valence-electron chi connectivity index (χ2n) is 15.8. The van der Waals surface area contributed by atoms with E-state index < -0.39 is 72.0 Å². The van der Waals surface area contributed by atoms with Crippen LogP contribution in [-0.4, -0.2) is 70.6 Å². The van der Waals surface area contributed by atoms with Gasteiger partial charge in [0.1, 0.15) is 50.1 Å². The SMILES string of the molecule is Cc1ccc(C(=O)OC[C@H]2O[C@@H](n3c(C)c(C)c(=O)n([C@H]4C[C@H](OC(=O)c5ccc(C)cc5)[C@@H](COC(=O)c5ccc(C)cc5)O4)c3=O)C[C@@H]2OC(=O)c2ccc(C)cc2)cc1. The first-order valence-corrected chi connectivity index (χ1v) is 20.3. The number of nitrogens with zero attached hydrogens (tertiary/aromatic N) is 2. The molecule has 14 nitrogen and oxygen atoms in total. The Kier molecular flexibility index (Phi) is 13.0. The zero-order valence-electron chi connectivity index (χ0n) is 35.3. The maximum Gasteiger partial charge on any atom is 0.338 e. The van der Waals surface area contributed by atoms with Crippen molar-refractivity contribution in [2.75, 3.05) is 13.2 Å². The van der Waals surface area contributed by atoms with E-state index in [-0.39, 0.29) is 42.9 Å². The number of ether oxygens (including phenoxy) is 6. The lowest BCUT2D eigenvalue weighted by molar-refractivity contribution is -0.0655. The van der Waals surface area contributed by atoms with Gasteiger partial charge in [-0.15, -0.1) is 0 Å². The first-order chi connectivity index (χ1) is 29.7. The highest BCUT2D eigenvalue weighted by atomic mass is 16.6. The van der Waals surface area contributed by atoms with Gasteiger partial charge in [0.25, 0.3) is 5.56 Å². The van der Waals surface area contributed by atoms with Gasteiger partial charge in [-0.25, -0.2) is 28.5 Å². The van der Waals surface area contributed by atoms with Gasteiger partial charge in [0.2, 0.25) is 0 Å². The lowest BCUT2D eigenvalue weighted by Gasteiger charge is -2.23. The van der Waals surface area contributed by atoms with Gasteiger partial charge in [-0.05, 0) is 90.1 Å². The summed E-state index contributed by atoms with van der Waals surface area (Å²) in [7, 11) is 0. The van der Waals surface area contributed by atoms with Crippen LogP contribution in [0.2, 0.25) is 0 Å². The minimum Gasteiger partial charge on any atom is -0.459 e. The molecule has 0 amide bonds. The molecule has 14 heteroatoms. The van der Waals surface area contributed by atoms with Gasteiger partial charge in [-0.2, -0.15) is 0 Å². The number of rotatable bonds is 12. The molecular formula is C48H48N2O12. The molecule has 2 saturated heterocycles. The lowest BCUT2D eigenvalue weighted by Crippen LogP contribution is -2.46. The normalized spacial score (nSPS) is 20.7. The predicted octanol–water partition coefficient (Wildman–Crippen LogP) is 6.60. The van der Waals surface area contributed by atoms with Gasteiger partial charge >= 0.3 is 29.6 Å². The average molecular weight is 845 g/mol.